The topological polar surface area (TPSA) is 18.5 Å². The molecule has 2 nitrogen and oxygen atoms in total. The third-order valence-corrected chi connectivity index (χ3v) is 9.35. The molecule has 0 aliphatic carbocycles. The van der Waals surface area contributed by atoms with Crippen LogP contribution in [0.3, 0.4) is 0 Å². The predicted octanol–water partition coefficient (Wildman–Crippen LogP) is 2.32. The molecule has 12 heavy (non-hydrogen) atoms. The van der Waals surface area contributed by atoms with Crippen molar-refractivity contribution in [3.05, 3.63) is 0 Å². The molecule has 0 heterocycles. The Balaban J connectivity index is 0. The largest absolute Gasteiger partial charge is 0.440 e. The Labute approximate surface area is 82.0 Å². The molecule has 0 bridgehead atoms. The Hall–Kier alpha value is 0.571. The Kier molecular flexibility index (Phi) is 7.64. The van der Waals surface area contributed by atoms with Crippen LogP contribution in [0.25, 0.3) is 0 Å². The van der Waals surface area contributed by atoms with Crippen LogP contribution in [-0.4, -0.2) is 26.6 Å². The SMILES string of the molecule is C.C[SiH](C)O[Si](C)(C)O[SiH](C)C. The number of hydrogen-bond donors (Lipinski definition) is 0. The Morgan fingerprint density at radius 1 is 0.833 bits per heavy atom. The van der Waals surface area contributed by atoms with Gasteiger partial charge in [-0.05, 0) is 39.3 Å². The summed E-state index contributed by atoms with van der Waals surface area (Å²) in [6.07, 6.45) is 0. The molecule has 0 aliphatic heterocycles. The van der Waals surface area contributed by atoms with Gasteiger partial charge in [0.05, 0.1) is 0 Å². The first kappa shape index (κ1) is 15.1. The maximum Gasteiger partial charge on any atom is 0.310 e. The summed E-state index contributed by atoms with van der Waals surface area (Å²) in [4.78, 5) is 0. The van der Waals surface area contributed by atoms with Crippen molar-refractivity contribution in [2.24, 2.45) is 0 Å². The van der Waals surface area contributed by atoms with Gasteiger partial charge in [-0.1, -0.05) is 7.43 Å². The molecule has 0 aromatic carbocycles. The van der Waals surface area contributed by atoms with Crippen LogP contribution in [0.1, 0.15) is 7.43 Å². The first-order chi connectivity index (χ1) is 4.83. The molecule has 0 saturated carbocycles. The summed E-state index contributed by atoms with van der Waals surface area (Å²) in [7, 11) is -3.50. The van der Waals surface area contributed by atoms with Crippen LogP contribution in [-0.2, 0) is 8.23 Å². The second-order valence-corrected chi connectivity index (χ2v) is 12.6. The lowest BCUT2D eigenvalue weighted by Crippen LogP contribution is -2.42. The van der Waals surface area contributed by atoms with Gasteiger partial charge in [0.15, 0.2) is 18.1 Å². The van der Waals surface area contributed by atoms with E-state index in [4.69, 9.17) is 8.23 Å². The van der Waals surface area contributed by atoms with Crippen molar-refractivity contribution < 1.29 is 8.23 Å². The highest BCUT2D eigenvalue weighted by Crippen LogP contribution is 2.09. The van der Waals surface area contributed by atoms with Gasteiger partial charge in [0.25, 0.3) is 0 Å². The van der Waals surface area contributed by atoms with Crippen LogP contribution in [0.15, 0.2) is 0 Å². The Bertz CT molecular complexity index is 103. The van der Waals surface area contributed by atoms with E-state index in [0.717, 1.165) is 0 Å². The first-order valence-electron chi connectivity index (χ1n) is 4.19. The molecular formula is C7H24O2Si3. The lowest BCUT2D eigenvalue weighted by atomic mass is 11.9. The van der Waals surface area contributed by atoms with Crippen molar-refractivity contribution in [3.63, 3.8) is 0 Å². The average molecular weight is 225 g/mol. The Morgan fingerprint density at radius 2 is 1.08 bits per heavy atom. The van der Waals surface area contributed by atoms with Crippen molar-refractivity contribution in [3.8, 4) is 0 Å². The third-order valence-electron chi connectivity index (χ3n) is 1.04. The summed E-state index contributed by atoms with van der Waals surface area (Å²) in [5.74, 6) is 0. The van der Waals surface area contributed by atoms with Crippen LogP contribution >= 0.6 is 0 Å². The normalized spacial score (nSPS) is 12.0. The van der Waals surface area contributed by atoms with Gasteiger partial charge < -0.3 is 8.23 Å². The average Bonchev–Trinajstić information content (AvgIpc) is 1.53. The fourth-order valence-electron chi connectivity index (χ4n) is 1.16. The summed E-state index contributed by atoms with van der Waals surface area (Å²) in [5, 5.41) is 0. The molecule has 0 spiro atoms. The summed E-state index contributed by atoms with van der Waals surface area (Å²) in [5.41, 5.74) is 0. The van der Waals surface area contributed by atoms with Gasteiger partial charge in [0, 0.05) is 0 Å². The van der Waals surface area contributed by atoms with E-state index in [2.05, 4.69) is 39.3 Å². The van der Waals surface area contributed by atoms with E-state index < -0.39 is 26.6 Å². The van der Waals surface area contributed by atoms with Gasteiger partial charge >= 0.3 is 8.56 Å². The Morgan fingerprint density at radius 3 is 1.25 bits per heavy atom. The van der Waals surface area contributed by atoms with E-state index in [1.165, 1.54) is 0 Å². The quantitative estimate of drug-likeness (QED) is 0.683. The highest BCUT2D eigenvalue weighted by molar-refractivity contribution is 6.78. The molecule has 0 unspecified atom stereocenters. The van der Waals surface area contributed by atoms with E-state index in [9.17, 15) is 0 Å². The molecule has 5 heteroatoms. The fraction of sp³-hybridized carbons (Fsp3) is 1.00. The van der Waals surface area contributed by atoms with Crippen molar-refractivity contribution in [2.75, 3.05) is 0 Å². The second kappa shape index (κ2) is 6.09. The van der Waals surface area contributed by atoms with Crippen LogP contribution in [0.2, 0.25) is 39.3 Å². The molecule has 0 atom stereocenters. The maximum absolute atomic E-state index is 5.84. The van der Waals surface area contributed by atoms with Gasteiger partial charge in [0.1, 0.15) is 0 Å². The van der Waals surface area contributed by atoms with Crippen molar-refractivity contribution in [2.45, 2.75) is 46.7 Å². The van der Waals surface area contributed by atoms with E-state index in [-0.39, 0.29) is 7.43 Å². The van der Waals surface area contributed by atoms with Gasteiger partial charge in [-0.3, -0.25) is 0 Å². The van der Waals surface area contributed by atoms with E-state index in [1.807, 2.05) is 0 Å². The molecule has 0 rings (SSSR count). The monoisotopic (exact) mass is 224 g/mol. The summed E-state index contributed by atoms with van der Waals surface area (Å²) >= 11 is 0. The molecule has 76 valence electrons. The molecule has 0 aromatic rings. The molecule has 0 aromatic heterocycles. The zero-order valence-electron chi connectivity index (χ0n) is 8.47. The van der Waals surface area contributed by atoms with Crippen LogP contribution in [0.4, 0.5) is 0 Å². The minimum atomic E-state index is -1.71. The van der Waals surface area contributed by atoms with Crippen molar-refractivity contribution in [1.29, 1.82) is 0 Å². The van der Waals surface area contributed by atoms with E-state index in [1.54, 1.807) is 0 Å². The molecule has 0 saturated heterocycles. The highest BCUT2D eigenvalue weighted by atomic mass is 28.5. The van der Waals surface area contributed by atoms with Crippen LogP contribution < -0.4 is 0 Å². The fourth-order valence-corrected chi connectivity index (χ4v) is 11.0. The van der Waals surface area contributed by atoms with E-state index in [0.29, 0.717) is 0 Å². The molecule has 0 radical (unpaired) electrons. The van der Waals surface area contributed by atoms with Gasteiger partial charge in [0.2, 0.25) is 0 Å². The minimum Gasteiger partial charge on any atom is -0.440 e. The maximum atomic E-state index is 5.84. The zero-order valence-corrected chi connectivity index (χ0v) is 11.8. The molecular weight excluding hydrogens is 200 g/mol. The summed E-state index contributed by atoms with van der Waals surface area (Å²) < 4.78 is 11.7. The molecule has 0 aliphatic rings. The molecule has 0 amide bonds. The summed E-state index contributed by atoms with van der Waals surface area (Å²) in [6.45, 7) is 13.1. The summed E-state index contributed by atoms with van der Waals surface area (Å²) in [6, 6.07) is 0. The predicted molar refractivity (Wildman–Crippen MR) is 64.1 cm³/mol. The number of hydrogen-bond acceptors (Lipinski definition) is 2. The van der Waals surface area contributed by atoms with Crippen molar-refractivity contribution >= 4 is 26.6 Å². The highest BCUT2D eigenvalue weighted by Gasteiger charge is 2.26. The molecule has 0 N–H and O–H groups in total. The zero-order chi connectivity index (χ0) is 9.07. The minimum absolute atomic E-state index is 0. The van der Waals surface area contributed by atoms with Crippen molar-refractivity contribution in [1.82, 2.24) is 0 Å². The molecule has 0 fully saturated rings. The second-order valence-electron chi connectivity index (χ2n) is 3.73. The lowest BCUT2D eigenvalue weighted by Gasteiger charge is -2.27. The van der Waals surface area contributed by atoms with Gasteiger partial charge in [-0.2, -0.15) is 0 Å². The van der Waals surface area contributed by atoms with Crippen LogP contribution in [0, 0.1) is 0 Å². The lowest BCUT2D eigenvalue weighted by molar-refractivity contribution is 0.415. The smallest absolute Gasteiger partial charge is 0.310 e. The van der Waals surface area contributed by atoms with E-state index >= 15 is 0 Å². The van der Waals surface area contributed by atoms with Gasteiger partial charge in [-0.15, -0.1) is 0 Å². The van der Waals surface area contributed by atoms with Crippen LogP contribution in [0.5, 0.6) is 0 Å². The van der Waals surface area contributed by atoms with Gasteiger partial charge in [-0.25, -0.2) is 0 Å². The first-order valence-corrected chi connectivity index (χ1v) is 12.6. The number of rotatable bonds is 4. The third kappa shape index (κ3) is 8.67. The standard InChI is InChI=1S/C6H20O2Si3.CH4/c1-9(2)7-11(5,6)8-10(3)4;/h9-10H,1-6H3;1H4.